The zero-order valence-corrected chi connectivity index (χ0v) is 14.0. The number of anilines is 1. The van der Waals surface area contributed by atoms with Gasteiger partial charge in [0.2, 0.25) is 0 Å². The molecule has 1 atom stereocenters. The van der Waals surface area contributed by atoms with Crippen molar-refractivity contribution in [3.63, 3.8) is 0 Å². The summed E-state index contributed by atoms with van der Waals surface area (Å²) in [7, 11) is 0. The number of carbonyl (C=O) groups is 1. The van der Waals surface area contributed by atoms with E-state index in [-0.39, 0.29) is 6.10 Å². The van der Waals surface area contributed by atoms with Crippen LogP contribution in [0, 0.1) is 0 Å². The molecule has 2 aromatic rings. The van der Waals surface area contributed by atoms with E-state index in [1.165, 1.54) is 0 Å². The van der Waals surface area contributed by atoms with E-state index in [2.05, 4.69) is 10.4 Å². The fourth-order valence-corrected chi connectivity index (χ4v) is 2.31. The smallest absolute Gasteiger partial charge is 0.412 e. The minimum absolute atomic E-state index is 0.144. The van der Waals surface area contributed by atoms with Crippen LogP contribution in [0.2, 0.25) is 0 Å². The molecule has 7 nitrogen and oxygen atoms in total. The number of amides is 1. The molecule has 0 saturated carbocycles. The number of para-hydroxylation sites is 2. The fourth-order valence-electron chi connectivity index (χ4n) is 2.31. The Labute approximate surface area is 140 Å². The van der Waals surface area contributed by atoms with Crippen molar-refractivity contribution in [1.29, 1.82) is 0 Å². The van der Waals surface area contributed by atoms with E-state index in [1.807, 2.05) is 45.0 Å². The van der Waals surface area contributed by atoms with E-state index >= 15 is 0 Å². The van der Waals surface area contributed by atoms with Gasteiger partial charge in [0.1, 0.15) is 12.2 Å². The van der Waals surface area contributed by atoms with Crippen molar-refractivity contribution in [1.82, 2.24) is 9.78 Å². The first-order chi connectivity index (χ1) is 11.4. The normalized spacial score (nSPS) is 16.5. The lowest BCUT2D eigenvalue weighted by Crippen LogP contribution is -2.33. The van der Waals surface area contributed by atoms with Crippen LogP contribution in [0.1, 0.15) is 20.8 Å². The Kier molecular flexibility index (Phi) is 4.33. The maximum atomic E-state index is 11.7. The van der Waals surface area contributed by atoms with Gasteiger partial charge in [-0.3, -0.25) is 10.00 Å². The third-order valence-corrected chi connectivity index (χ3v) is 3.24. The molecule has 0 fully saturated rings. The summed E-state index contributed by atoms with van der Waals surface area (Å²) >= 11 is 0. The summed E-state index contributed by atoms with van der Waals surface area (Å²) < 4.78 is 18.5. The van der Waals surface area contributed by atoms with Crippen LogP contribution >= 0.6 is 0 Å². The molecular formula is C17H21N3O4. The van der Waals surface area contributed by atoms with Crippen molar-refractivity contribution >= 4 is 11.8 Å². The number of nitrogens with one attached hydrogen (secondary N) is 1. The van der Waals surface area contributed by atoms with Crippen LogP contribution in [0.3, 0.4) is 0 Å². The Bertz CT molecular complexity index is 721. The summed E-state index contributed by atoms with van der Waals surface area (Å²) in [4.78, 5) is 11.7. The second kappa shape index (κ2) is 6.43. The molecule has 1 aliphatic heterocycles. The summed E-state index contributed by atoms with van der Waals surface area (Å²) in [6.07, 6.45) is 2.65. The predicted molar refractivity (Wildman–Crippen MR) is 88.4 cm³/mol. The molecule has 0 unspecified atom stereocenters. The Hall–Kier alpha value is -2.70. The topological polar surface area (TPSA) is 74.6 Å². The molecule has 0 bridgehead atoms. The van der Waals surface area contributed by atoms with E-state index in [0.29, 0.717) is 18.8 Å². The summed E-state index contributed by atoms with van der Waals surface area (Å²) in [6.45, 7) is 6.41. The van der Waals surface area contributed by atoms with Crippen molar-refractivity contribution in [2.45, 2.75) is 39.0 Å². The molecule has 0 radical (unpaired) electrons. The maximum absolute atomic E-state index is 11.7. The van der Waals surface area contributed by atoms with Crippen LogP contribution in [-0.2, 0) is 11.3 Å². The number of hydrogen-bond donors (Lipinski definition) is 1. The largest absolute Gasteiger partial charge is 0.486 e. The number of aromatic nitrogens is 2. The van der Waals surface area contributed by atoms with Gasteiger partial charge in [-0.2, -0.15) is 5.10 Å². The predicted octanol–water partition coefficient (Wildman–Crippen LogP) is 3.07. The highest BCUT2D eigenvalue weighted by Gasteiger charge is 2.22. The lowest BCUT2D eigenvalue weighted by Gasteiger charge is -2.26. The van der Waals surface area contributed by atoms with Gasteiger partial charge < -0.3 is 14.2 Å². The summed E-state index contributed by atoms with van der Waals surface area (Å²) in [5.41, 5.74) is 0.0298. The monoisotopic (exact) mass is 331 g/mol. The lowest BCUT2D eigenvalue weighted by molar-refractivity contribution is 0.0636. The number of rotatable bonds is 3. The second-order valence-electron chi connectivity index (χ2n) is 6.58. The van der Waals surface area contributed by atoms with E-state index in [0.717, 1.165) is 11.5 Å². The number of benzene rings is 1. The zero-order chi connectivity index (χ0) is 17.2. The van der Waals surface area contributed by atoms with Crippen molar-refractivity contribution < 1.29 is 19.0 Å². The van der Waals surface area contributed by atoms with Crippen LogP contribution in [-0.4, -0.2) is 34.2 Å². The van der Waals surface area contributed by atoms with E-state index < -0.39 is 11.7 Å². The first-order valence-corrected chi connectivity index (χ1v) is 7.80. The highest BCUT2D eigenvalue weighted by atomic mass is 16.6. The minimum atomic E-state index is -0.541. The highest BCUT2D eigenvalue weighted by Crippen LogP contribution is 2.31. The number of hydrogen-bond acceptors (Lipinski definition) is 5. The Morgan fingerprint density at radius 2 is 2.12 bits per heavy atom. The first-order valence-electron chi connectivity index (χ1n) is 7.80. The lowest BCUT2D eigenvalue weighted by atomic mass is 10.2. The van der Waals surface area contributed by atoms with Crippen molar-refractivity contribution in [2.75, 3.05) is 11.9 Å². The summed E-state index contributed by atoms with van der Waals surface area (Å²) in [5, 5.41) is 6.88. The molecular weight excluding hydrogens is 310 g/mol. The number of carbonyl (C=O) groups excluding carboxylic acids is 1. The Morgan fingerprint density at radius 3 is 2.88 bits per heavy atom. The van der Waals surface area contributed by atoms with Gasteiger partial charge in [0.25, 0.3) is 0 Å². The summed E-state index contributed by atoms with van der Waals surface area (Å²) in [5.74, 6) is 1.48. The van der Waals surface area contributed by atoms with Crippen molar-refractivity contribution in [2.24, 2.45) is 0 Å². The standard InChI is InChI=1S/C17H21N3O4/c1-17(2,3)24-16(21)19-12-8-18-20(9-12)10-13-11-22-14-6-4-5-7-15(14)23-13/h4-9,13H,10-11H2,1-3H3,(H,19,21)/t13-/m0/s1. The molecule has 0 saturated heterocycles. The molecule has 2 heterocycles. The Balaban J connectivity index is 1.56. The van der Waals surface area contributed by atoms with Crippen LogP contribution in [0.4, 0.5) is 10.5 Å². The average Bonchev–Trinajstić information content (AvgIpc) is 2.92. The molecule has 1 aliphatic rings. The molecule has 1 aromatic carbocycles. The van der Waals surface area contributed by atoms with Gasteiger partial charge in [0.05, 0.1) is 18.4 Å². The molecule has 0 spiro atoms. The minimum Gasteiger partial charge on any atom is -0.486 e. The zero-order valence-electron chi connectivity index (χ0n) is 14.0. The van der Waals surface area contributed by atoms with Gasteiger partial charge in [-0.15, -0.1) is 0 Å². The molecule has 1 N–H and O–H groups in total. The van der Waals surface area contributed by atoms with E-state index in [4.69, 9.17) is 14.2 Å². The third-order valence-electron chi connectivity index (χ3n) is 3.24. The van der Waals surface area contributed by atoms with Crippen LogP contribution in [0.5, 0.6) is 11.5 Å². The van der Waals surface area contributed by atoms with Gasteiger partial charge in [-0.1, -0.05) is 12.1 Å². The van der Waals surface area contributed by atoms with Gasteiger partial charge in [0, 0.05) is 6.20 Å². The molecule has 128 valence electrons. The molecule has 1 amide bonds. The van der Waals surface area contributed by atoms with E-state index in [9.17, 15) is 4.79 Å². The van der Waals surface area contributed by atoms with Gasteiger partial charge in [0.15, 0.2) is 17.6 Å². The number of fused-ring (bicyclic) bond motifs is 1. The van der Waals surface area contributed by atoms with Crippen molar-refractivity contribution in [3.8, 4) is 11.5 Å². The third kappa shape index (κ3) is 4.18. The fraction of sp³-hybridized carbons (Fsp3) is 0.412. The molecule has 1 aromatic heterocycles. The molecule has 3 rings (SSSR count). The SMILES string of the molecule is CC(C)(C)OC(=O)Nc1cnn(C[C@H]2COc3ccccc3O2)c1. The van der Waals surface area contributed by atoms with Crippen LogP contribution < -0.4 is 14.8 Å². The van der Waals surface area contributed by atoms with Crippen LogP contribution in [0.25, 0.3) is 0 Å². The van der Waals surface area contributed by atoms with Gasteiger partial charge >= 0.3 is 6.09 Å². The molecule has 7 heteroatoms. The molecule has 24 heavy (non-hydrogen) atoms. The second-order valence-corrected chi connectivity index (χ2v) is 6.58. The Morgan fingerprint density at radius 1 is 1.38 bits per heavy atom. The summed E-state index contributed by atoms with van der Waals surface area (Å²) in [6, 6.07) is 7.56. The van der Waals surface area contributed by atoms with E-state index in [1.54, 1.807) is 17.1 Å². The number of ether oxygens (including phenoxy) is 3. The van der Waals surface area contributed by atoms with Gasteiger partial charge in [-0.25, -0.2) is 4.79 Å². The average molecular weight is 331 g/mol. The maximum Gasteiger partial charge on any atom is 0.412 e. The molecule has 0 aliphatic carbocycles. The highest BCUT2D eigenvalue weighted by molar-refractivity contribution is 5.84. The van der Waals surface area contributed by atoms with Crippen molar-refractivity contribution in [3.05, 3.63) is 36.7 Å². The van der Waals surface area contributed by atoms with Gasteiger partial charge in [-0.05, 0) is 32.9 Å². The number of nitrogens with zero attached hydrogens (tertiary/aromatic N) is 2. The first kappa shape index (κ1) is 16.2. The quantitative estimate of drug-likeness (QED) is 0.935. The van der Waals surface area contributed by atoms with Crippen LogP contribution in [0.15, 0.2) is 36.7 Å².